The first-order chi connectivity index (χ1) is 5.57. The molecule has 1 rings (SSSR count). The summed E-state index contributed by atoms with van der Waals surface area (Å²) in [5.41, 5.74) is 0.955. The Kier molecular flexibility index (Phi) is 2.50. The Labute approximate surface area is 73.4 Å². The van der Waals surface area contributed by atoms with Crippen LogP contribution in [0.2, 0.25) is 0 Å². The van der Waals surface area contributed by atoms with Crippen molar-refractivity contribution in [1.82, 2.24) is 5.01 Å². The van der Waals surface area contributed by atoms with Crippen molar-refractivity contribution in [3.63, 3.8) is 0 Å². The largest absolute Gasteiger partial charge is 0.272 e. The molecular weight excluding hydrogens is 152 g/mol. The third-order valence-electron chi connectivity index (χ3n) is 2.22. The first-order valence-corrected chi connectivity index (χ1v) is 4.44. The Morgan fingerprint density at radius 1 is 1.58 bits per heavy atom. The first kappa shape index (κ1) is 9.23. The molecule has 1 unspecified atom stereocenters. The molecule has 0 saturated heterocycles. The van der Waals surface area contributed by atoms with Gasteiger partial charge in [0.05, 0.1) is 5.92 Å². The Morgan fingerprint density at radius 2 is 2.17 bits per heavy atom. The molecule has 0 aromatic heterocycles. The van der Waals surface area contributed by atoms with E-state index in [-0.39, 0.29) is 11.8 Å². The number of carbonyl (C=O) groups is 1. The van der Waals surface area contributed by atoms with Crippen LogP contribution in [0.1, 0.15) is 27.7 Å². The van der Waals surface area contributed by atoms with E-state index in [1.165, 1.54) is 0 Å². The van der Waals surface area contributed by atoms with Crippen molar-refractivity contribution in [3.05, 3.63) is 0 Å². The van der Waals surface area contributed by atoms with Gasteiger partial charge in [-0.05, 0) is 19.8 Å². The first-order valence-electron chi connectivity index (χ1n) is 4.44. The summed E-state index contributed by atoms with van der Waals surface area (Å²) < 4.78 is 0. The van der Waals surface area contributed by atoms with E-state index in [1.54, 1.807) is 5.01 Å². The second-order valence-corrected chi connectivity index (χ2v) is 3.52. The third kappa shape index (κ3) is 1.36. The molecule has 0 saturated carbocycles. The van der Waals surface area contributed by atoms with Crippen molar-refractivity contribution in [1.29, 1.82) is 0 Å². The molecule has 1 amide bonds. The van der Waals surface area contributed by atoms with Crippen LogP contribution in [0.4, 0.5) is 0 Å². The smallest absolute Gasteiger partial charge is 0.251 e. The fraction of sp³-hybridized carbons (Fsp3) is 0.778. The van der Waals surface area contributed by atoms with Crippen LogP contribution in [0.15, 0.2) is 5.10 Å². The number of amides is 1. The Morgan fingerprint density at radius 3 is 2.42 bits per heavy atom. The number of nitrogens with zero attached hydrogens (tertiary/aromatic N) is 2. The summed E-state index contributed by atoms with van der Waals surface area (Å²) in [5, 5.41) is 5.75. The molecule has 68 valence electrons. The minimum Gasteiger partial charge on any atom is -0.272 e. The van der Waals surface area contributed by atoms with E-state index in [1.807, 2.05) is 13.8 Å². The van der Waals surface area contributed by atoms with Gasteiger partial charge in [0.2, 0.25) is 0 Å². The van der Waals surface area contributed by atoms with Gasteiger partial charge in [-0.25, -0.2) is 5.01 Å². The maximum Gasteiger partial charge on any atom is 0.251 e. The van der Waals surface area contributed by atoms with E-state index in [9.17, 15) is 4.79 Å². The number of hydrazone groups is 1. The molecule has 0 fully saturated rings. The van der Waals surface area contributed by atoms with Gasteiger partial charge in [0.1, 0.15) is 0 Å². The molecule has 0 radical (unpaired) electrons. The summed E-state index contributed by atoms with van der Waals surface area (Å²) in [5.74, 6) is 0.535. The fourth-order valence-electron chi connectivity index (χ4n) is 1.64. The maximum atomic E-state index is 11.6. The second-order valence-electron chi connectivity index (χ2n) is 3.52. The lowest BCUT2D eigenvalue weighted by Crippen LogP contribution is -2.30. The highest BCUT2D eigenvalue weighted by Crippen LogP contribution is 2.22. The standard InChI is InChI=1S/C9H16N2O/c1-5-11-9(12)8(6(2)3)7(4)10-11/h6,8H,5H2,1-4H3. The van der Waals surface area contributed by atoms with Crippen molar-refractivity contribution < 1.29 is 4.79 Å². The minimum atomic E-state index is 0.0185. The lowest BCUT2D eigenvalue weighted by Gasteiger charge is -2.14. The third-order valence-corrected chi connectivity index (χ3v) is 2.22. The van der Waals surface area contributed by atoms with Gasteiger partial charge in [0.15, 0.2) is 0 Å². The summed E-state index contributed by atoms with van der Waals surface area (Å²) >= 11 is 0. The molecule has 3 heteroatoms. The van der Waals surface area contributed by atoms with E-state index < -0.39 is 0 Å². The molecule has 0 aromatic rings. The van der Waals surface area contributed by atoms with Crippen molar-refractivity contribution in [2.45, 2.75) is 27.7 Å². The molecule has 12 heavy (non-hydrogen) atoms. The van der Waals surface area contributed by atoms with Crippen molar-refractivity contribution in [2.75, 3.05) is 6.54 Å². The van der Waals surface area contributed by atoms with Crippen molar-refractivity contribution >= 4 is 11.6 Å². The van der Waals surface area contributed by atoms with Crippen LogP contribution in [0, 0.1) is 11.8 Å². The summed E-state index contributed by atoms with van der Waals surface area (Å²) in [6.45, 7) is 8.66. The van der Waals surface area contributed by atoms with E-state index >= 15 is 0 Å². The number of hydrogen-bond donors (Lipinski definition) is 0. The SMILES string of the molecule is CCN1N=C(C)C(C(C)C)C1=O. The van der Waals surface area contributed by atoms with Gasteiger partial charge in [-0.1, -0.05) is 13.8 Å². The molecular formula is C9H16N2O. The zero-order valence-electron chi connectivity index (χ0n) is 8.16. The Balaban J connectivity index is 2.81. The quantitative estimate of drug-likeness (QED) is 0.615. The van der Waals surface area contributed by atoms with Crippen molar-refractivity contribution in [3.8, 4) is 0 Å². The molecule has 0 bridgehead atoms. The second kappa shape index (κ2) is 3.25. The highest BCUT2D eigenvalue weighted by atomic mass is 16.2. The number of carbonyl (C=O) groups excluding carboxylic acids is 1. The fourth-order valence-corrected chi connectivity index (χ4v) is 1.64. The highest BCUT2D eigenvalue weighted by Gasteiger charge is 2.34. The predicted octanol–water partition coefficient (Wildman–Crippen LogP) is 1.50. The van der Waals surface area contributed by atoms with E-state index in [4.69, 9.17) is 0 Å². The van der Waals surface area contributed by atoms with Crippen LogP contribution in [0.25, 0.3) is 0 Å². The molecule has 1 heterocycles. The Hall–Kier alpha value is -0.860. The predicted molar refractivity (Wildman–Crippen MR) is 48.8 cm³/mol. The number of rotatable bonds is 2. The maximum absolute atomic E-state index is 11.6. The monoisotopic (exact) mass is 168 g/mol. The topological polar surface area (TPSA) is 32.7 Å². The molecule has 0 aromatic carbocycles. The summed E-state index contributed by atoms with van der Waals surface area (Å²) in [4.78, 5) is 11.6. The van der Waals surface area contributed by atoms with Crippen LogP contribution >= 0.6 is 0 Å². The lowest BCUT2D eigenvalue weighted by atomic mass is 9.92. The molecule has 0 aliphatic carbocycles. The summed E-state index contributed by atoms with van der Waals surface area (Å²) in [7, 11) is 0. The van der Waals surface area contributed by atoms with Crippen molar-refractivity contribution in [2.24, 2.45) is 16.9 Å². The molecule has 0 N–H and O–H groups in total. The van der Waals surface area contributed by atoms with Crippen LogP contribution in [-0.2, 0) is 4.79 Å². The zero-order valence-corrected chi connectivity index (χ0v) is 8.16. The molecule has 3 nitrogen and oxygen atoms in total. The van der Waals surface area contributed by atoms with E-state index in [0.29, 0.717) is 12.5 Å². The zero-order chi connectivity index (χ0) is 9.30. The van der Waals surface area contributed by atoms with Crippen LogP contribution in [0.3, 0.4) is 0 Å². The number of hydrogen-bond acceptors (Lipinski definition) is 2. The van der Waals surface area contributed by atoms with Gasteiger partial charge in [-0.2, -0.15) is 5.10 Å². The lowest BCUT2D eigenvalue weighted by molar-refractivity contribution is -0.132. The Bertz CT molecular complexity index is 221. The normalized spacial score (nSPS) is 23.8. The van der Waals surface area contributed by atoms with Gasteiger partial charge in [-0.15, -0.1) is 0 Å². The van der Waals surface area contributed by atoms with E-state index in [2.05, 4.69) is 18.9 Å². The van der Waals surface area contributed by atoms with Crippen LogP contribution < -0.4 is 0 Å². The van der Waals surface area contributed by atoms with E-state index in [0.717, 1.165) is 5.71 Å². The average Bonchev–Trinajstić information content (AvgIpc) is 2.25. The van der Waals surface area contributed by atoms with Gasteiger partial charge in [-0.3, -0.25) is 4.79 Å². The van der Waals surface area contributed by atoms with Gasteiger partial charge >= 0.3 is 0 Å². The molecule has 0 spiro atoms. The molecule has 1 aliphatic rings. The average molecular weight is 168 g/mol. The molecule has 1 aliphatic heterocycles. The highest BCUT2D eigenvalue weighted by molar-refractivity contribution is 6.07. The summed E-state index contributed by atoms with van der Waals surface area (Å²) in [6, 6.07) is 0. The van der Waals surface area contributed by atoms with Gasteiger partial charge in [0, 0.05) is 12.3 Å². The van der Waals surface area contributed by atoms with Gasteiger partial charge < -0.3 is 0 Å². The van der Waals surface area contributed by atoms with Gasteiger partial charge in [0.25, 0.3) is 5.91 Å². The minimum absolute atomic E-state index is 0.0185. The summed E-state index contributed by atoms with van der Waals surface area (Å²) in [6.07, 6.45) is 0. The molecule has 1 atom stereocenters. The van der Waals surface area contributed by atoms with Crippen LogP contribution in [-0.4, -0.2) is 23.2 Å². The van der Waals surface area contributed by atoms with Crippen LogP contribution in [0.5, 0.6) is 0 Å².